The van der Waals surface area contributed by atoms with Crippen LogP contribution in [-0.4, -0.2) is 46.2 Å². The summed E-state index contributed by atoms with van der Waals surface area (Å²) in [5.74, 6) is -1.23. The zero-order valence-corrected chi connectivity index (χ0v) is 10.4. The van der Waals surface area contributed by atoms with E-state index in [2.05, 4.69) is 0 Å². The number of rotatable bonds is 4. The van der Waals surface area contributed by atoms with Crippen molar-refractivity contribution in [1.29, 1.82) is 0 Å². The number of aliphatic hydroxyl groups excluding tert-OH is 1. The number of aliphatic hydroxyl groups is 1. The van der Waals surface area contributed by atoms with Crippen LogP contribution in [-0.2, 0) is 9.59 Å². The lowest BCUT2D eigenvalue weighted by molar-refractivity contribution is -0.149. The van der Waals surface area contributed by atoms with Crippen LogP contribution in [0.5, 0.6) is 0 Å². The number of carbonyl (C=O) groups excluding carboxylic acids is 1. The van der Waals surface area contributed by atoms with Crippen molar-refractivity contribution in [1.82, 2.24) is 4.90 Å². The molecule has 0 saturated heterocycles. The van der Waals surface area contributed by atoms with Crippen LogP contribution in [0, 0.1) is 5.92 Å². The molecule has 5 nitrogen and oxygen atoms in total. The summed E-state index contributed by atoms with van der Waals surface area (Å²) in [4.78, 5) is 23.9. The summed E-state index contributed by atoms with van der Waals surface area (Å²) in [5, 5.41) is 18.6. The minimum atomic E-state index is -1.01. The van der Waals surface area contributed by atoms with Crippen LogP contribution in [0.3, 0.4) is 0 Å². The fourth-order valence-electron chi connectivity index (χ4n) is 2.18. The van der Waals surface area contributed by atoms with Gasteiger partial charge in [0.15, 0.2) is 0 Å². The van der Waals surface area contributed by atoms with E-state index in [4.69, 9.17) is 5.11 Å². The fraction of sp³-hybridized carbons (Fsp3) is 0.833. The Labute approximate surface area is 101 Å². The van der Waals surface area contributed by atoms with Crippen molar-refractivity contribution >= 4 is 11.9 Å². The van der Waals surface area contributed by atoms with Gasteiger partial charge < -0.3 is 15.1 Å². The topological polar surface area (TPSA) is 77.8 Å². The Morgan fingerprint density at radius 2 is 1.94 bits per heavy atom. The molecule has 1 aliphatic rings. The molecule has 0 heterocycles. The van der Waals surface area contributed by atoms with Crippen LogP contribution in [0.25, 0.3) is 0 Å². The molecule has 0 bridgehead atoms. The number of nitrogens with zero attached hydrogens (tertiary/aromatic N) is 1. The quantitative estimate of drug-likeness (QED) is 0.767. The lowest BCUT2D eigenvalue weighted by atomic mass is 9.84. The highest BCUT2D eigenvalue weighted by atomic mass is 16.4. The van der Waals surface area contributed by atoms with Crippen molar-refractivity contribution in [3.05, 3.63) is 0 Å². The number of amides is 1. The van der Waals surface area contributed by atoms with Crippen LogP contribution in [0.1, 0.15) is 39.0 Å². The summed E-state index contributed by atoms with van der Waals surface area (Å²) in [6, 6.07) is -0.816. The Bertz CT molecular complexity index is 292. The van der Waals surface area contributed by atoms with E-state index in [0.717, 1.165) is 25.7 Å². The van der Waals surface area contributed by atoms with E-state index in [1.54, 1.807) is 0 Å². The Balaban J connectivity index is 2.50. The van der Waals surface area contributed by atoms with E-state index in [1.165, 1.54) is 18.9 Å². The molecular formula is C12H21NO4. The monoisotopic (exact) mass is 243 g/mol. The van der Waals surface area contributed by atoms with Crippen molar-refractivity contribution in [3.8, 4) is 0 Å². The Hall–Kier alpha value is -1.10. The van der Waals surface area contributed by atoms with Gasteiger partial charge in [-0.1, -0.05) is 12.8 Å². The highest BCUT2D eigenvalue weighted by Crippen LogP contribution is 2.27. The number of aliphatic carboxylic acids is 1. The van der Waals surface area contributed by atoms with Crippen LogP contribution in [0.4, 0.5) is 0 Å². The van der Waals surface area contributed by atoms with Crippen molar-refractivity contribution < 1.29 is 19.8 Å². The number of likely N-dealkylation sites (N-methyl/N-ethyl adjacent to an activating group) is 1. The maximum absolute atomic E-state index is 11.9. The van der Waals surface area contributed by atoms with Crippen molar-refractivity contribution in [2.45, 2.75) is 51.2 Å². The minimum Gasteiger partial charge on any atom is -0.480 e. The Kier molecular flexibility index (Phi) is 4.93. The standard InChI is InChI=1S/C12H21NO4/c1-8(12(16)17)13(2)11(15)7-9-5-3-4-6-10(9)14/h8-10,14H,3-7H2,1-2H3,(H,16,17)/t8?,9-,10+/m0/s1. The van der Waals surface area contributed by atoms with E-state index in [9.17, 15) is 14.7 Å². The molecule has 2 N–H and O–H groups in total. The minimum absolute atomic E-state index is 0.0142. The molecule has 0 aromatic rings. The first kappa shape index (κ1) is 14.0. The Morgan fingerprint density at radius 3 is 2.47 bits per heavy atom. The molecule has 0 aliphatic heterocycles. The van der Waals surface area contributed by atoms with Crippen molar-refractivity contribution in [2.24, 2.45) is 5.92 Å². The maximum atomic E-state index is 11.9. The molecule has 0 spiro atoms. The number of carbonyl (C=O) groups is 2. The van der Waals surface area contributed by atoms with Gasteiger partial charge in [0.05, 0.1) is 6.10 Å². The van der Waals surface area contributed by atoms with Crippen LogP contribution in [0.15, 0.2) is 0 Å². The van der Waals surface area contributed by atoms with E-state index in [1.807, 2.05) is 0 Å². The first-order valence-corrected chi connectivity index (χ1v) is 6.10. The molecule has 1 fully saturated rings. The average molecular weight is 243 g/mol. The summed E-state index contributed by atoms with van der Waals surface area (Å²) < 4.78 is 0. The SMILES string of the molecule is CC(C(=O)O)N(C)C(=O)C[C@@H]1CCCC[C@H]1O. The van der Waals surface area contributed by atoms with Gasteiger partial charge in [-0.05, 0) is 25.7 Å². The largest absolute Gasteiger partial charge is 0.480 e. The van der Waals surface area contributed by atoms with Crippen LogP contribution in [0.2, 0.25) is 0 Å². The summed E-state index contributed by atoms with van der Waals surface area (Å²) in [6.07, 6.45) is 3.47. The number of carboxylic acids is 1. The van der Waals surface area contributed by atoms with Gasteiger partial charge in [-0.15, -0.1) is 0 Å². The third-order valence-electron chi connectivity index (χ3n) is 3.64. The fourth-order valence-corrected chi connectivity index (χ4v) is 2.18. The van der Waals surface area contributed by atoms with Gasteiger partial charge in [-0.3, -0.25) is 4.79 Å². The van der Waals surface area contributed by atoms with E-state index in [-0.39, 0.29) is 18.2 Å². The first-order chi connectivity index (χ1) is 7.93. The van der Waals surface area contributed by atoms with Gasteiger partial charge >= 0.3 is 5.97 Å². The van der Waals surface area contributed by atoms with Gasteiger partial charge in [0.1, 0.15) is 6.04 Å². The van der Waals surface area contributed by atoms with E-state index >= 15 is 0 Å². The van der Waals surface area contributed by atoms with E-state index < -0.39 is 18.1 Å². The number of carboxylic acid groups (broad SMARTS) is 1. The molecular weight excluding hydrogens is 222 g/mol. The van der Waals surface area contributed by atoms with Crippen LogP contribution >= 0.6 is 0 Å². The lowest BCUT2D eigenvalue weighted by Gasteiger charge is -2.29. The maximum Gasteiger partial charge on any atom is 0.326 e. The summed E-state index contributed by atoms with van der Waals surface area (Å²) in [6.45, 7) is 1.48. The average Bonchev–Trinajstić information content (AvgIpc) is 2.30. The van der Waals surface area contributed by atoms with Crippen LogP contribution < -0.4 is 0 Å². The summed E-state index contributed by atoms with van der Waals surface area (Å²) >= 11 is 0. The molecule has 1 aliphatic carbocycles. The zero-order chi connectivity index (χ0) is 13.0. The molecule has 3 atom stereocenters. The molecule has 17 heavy (non-hydrogen) atoms. The highest BCUT2D eigenvalue weighted by Gasteiger charge is 2.29. The lowest BCUT2D eigenvalue weighted by Crippen LogP contribution is -2.42. The van der Waals surface area contributed by atoms with Gasteiger partial charge in [0, 0.05) is 13.5 Å². The second-order valence-corrected chi connectivity index (χ2v) is 4.83. The molecule has 1 saturated carbocycles. The first-order valence-electron chi connectivity index (χ1n) is 6.10. The van der Waals surface area contributed by atoms with Gasteiger partial charge in [0.2, 0.25) is 5.91 Å². The number of hydrogen-bond donors (Lipinski definition) is 2. The predicted molar refractivity (Wildman–Crippen MR) is 62.4 cm³/mol. The smallest absolute Gasteiger partial charge is 0.326 e. The normalized spacial score (nSPS) is 26.3. The van der Waals surface area contributed by atoms with Gasteiger partial charge in [-0.25, -0.2) is 4.79 Å². The zero-order valence-electron chi connectivity index (χ0n) is 10.4. The summed E-state index contributed by atoms with van der Waals surface area (Å²) in [7, 11) is 1.50. The molecule has 5 heteroatoms. The van der Waals surface area contributed by atoms with Gasteiger partial charge in [-0.2, -0.15) is 0 Å². The molecule has 1 amide bonds. The highest BCUT2D eigenvalue weighted by molar-refractivity contribution is 5.83. The second kappa shape index (κ2) is 6.00. The van der Waals surface area contributed by atoms with E-state index in [0.29, 0.717) is 0 Å². The molecule has 1 rings (SSSR count). The predicted octanol–water partition coefficient (Wildman–Crippen LogP) is 0.859. The molecule has 0 aromatic carbocycles. The van der Waals surface area contributed by atoms with Crippen molar-refractivity contribution in [2.75, 3.05) is 7.05 Å². The third kappa shape index (κ3) is 3.70. The molecule has 0 radical (unpaired) electrons. The van der Waals surface area contributed by atoms with Gasteiger partial charge in [0.25, 0.3) is 0 Å². The molecule has 0 aromatic heterocycles. The molecule has 98 valence electrons. The Morgan fingerprint density at radius 1 is 1.35 bits per heavy atom. The summed E-state index contributed by atoms with van der Waals surface area (Å²) in [5.41, 5.74) is 0. The van der Waals surface area contributed by atoms with Crippen molar-refractivity contribution in [3.63, 3.8) is 0 Å². The third-order valence-corrected chi connectivity index (χ3v) is 3.64. The molecule has 1 unspecified atom stereocenters. The number of hydrogen-bond acceptors (Lipinski definition) is 3. The second-order valence-electron chi connectivity index (χ2n) is 4.83.